The summed E-state index contributed by atoms with van der Waals surface area (Å²) in [5, 5.41) is 0. The van der Waals surface area contributed by atoms with Gasteiger partial charge in [0.1, 0.15) is 9.39 Å². The molecule has 0 saturated carbocycles. The molecule has 1 aromatic heterocycles. The average Bonchev–Trinajstić information content (AvgIpc) is 2.02. The summed E-state index contributed by atoms with van der Waals surface area (Å²) >= 11 is 7.20. The number of rotatable bonds is 1. The molecule has 1 heterocycles. The van der Waals surface area contributed by atoms with Gasteiger partial charge in [0.05, 0.1) is 0 Å². The number of alkyl halides is 4. The zero-order valence-corrected chi connectivity index (χ0v) is 9.11. The van der Waals surface area contributed by atoms with Gasteiger partial charge in [-0.05, 0) is 34.2 Å². The third kappa shape index (κ3) is 2.70. The van der Waals surface area contributed by atoms with E-state index < -0.39 is 11.9 Å². The number of nitrogens with zero attached hydrogens (tertiary/aromatic N) is 1. The van der Waals surface area contributed by atoms with Crippen molar-refractivity contribution < 1.29 is 13.2 Å². The summed E-state index contributed by atoms with van der Waals surface area (Å²) in [7, 11) is 0. The van der Waals surface area contributed by atoms with Crippen LogP contribution >= 0.6 is 34.2 Å². The van der Waals surface area contributed by atoms with E-state index in [2.05, 4.69) is 4.98 Å². The minimum atomic E-state index is -4.38. The first-order chi connectivity index (χ1) is 5.95. The van der Waals surface area contributed by atoms with Crippen LogP contribution in [0.25, 0.3) is 0 Å². The second-order valence-corrected chi connectivity index (χ2v) is 3.57. The molecule has 0 saturated heterocycles. The highest BCUT2D eigenvalue weighted by Crippen LogP contribution is 2.28. The van der Waals surface area contributed by atoms with Crippen molar-refractivity contribution in [2.45, 2.75) is 12.1 Å². The zero-order valence-electron chi connectivity index (χ0n) is 6.20. The molecule has 0 aliphatic heterocycles. The van der Waals surface area contributed by atoms with Crippen molar-refractivity contribution in [1.82, 2.24) is 4.98 Å². The fraction of sp³-hybridized carbons (Fsp3) is 0.286. The van der Waals surface area contributed by atoms with Crippen LogP contribution in [-0.4, -0.2) is 4.98 Å². The van der Waals surface area contributed by atoms with Gasteiger partial charge in [-0.25, -0.2) is 4.98 Å². The van der Waals surface area contributed by atoms with Crippen LogP contribution in [0.4, 0.5) is 13.2 Å². The first-order valence-corrected chi connectivity index (χ1v) is 4.85. The van der Waals surface area contributed by atoms with Crippen molar-refractivity contribution in [2.75, 3.05) is 0 Å². The van der Waals surface area contributed by atoms with Crippen molar-refractivity contribution in [2.24, 2.45) is 0 Å². The number of hydrogen-bond acceptors (Lipinski definition) is 1. The Kier molecular flexibility index (Phi) is 3.39. The third-order valence-electron chi connectivity index (χ3n) is 1.36. The average molecular weight is 321 g/mol. The van der Waals surface area contributed by atoms with E-state index in [-0.39, 0.29) is 5.88 Å². The lowest BCUT2D eigenvalue weighted by Crippen LogP contribution is -2.09. The van der Waals surface area contributed by atoms with Crippen LogP contribution < -0.4 is 0 Å². The number of halogens is 5. The molecule has 0 bridgehead atoms. The van der Waals surface area contributed by atoms with Crippen molar-refractivity contribution in [3.05, 3.63) is 27.1 Å². The third-order valence-corrected chi connectivity index (χ3v) is 2.58. The Hall–Kier alpha value is -0.0400. The molecule has 72 valence electrons. The summed E-state index contributed by atoms with van der Waals surface area (Å²) in [6, 6.07) is 2.27. The lowest BCUT2D eigenvalue weighted by molar-refractivity contribution is -0.141. The minimum Gasteiger partial charge on any atom is -0.237 e. The molecule has 0 aromatic carbocycles. The van der Waals surface area contributed by atoms with Crippen LogP contribution in [0.2, 0.25) is 0 Å². The van der Waals surface area contributed by atoms with Gasteiger partial charge in [-0.2, -0.15) is 13.2 Å². The van der Waals surface area contributed by atoms with Gasteiger partial charge in [0.25, 0.3) is 0 Å². The van der Waals surface area contributed by atoms with Crippen molar-refractivity contribution in [3.63, 3.8) is 0 Å². The standard InChI is InChI=1S/C7H4ClF3IN/c8-3-4-1-2-5(7(9,10)11)13-6(4)12/h1-2H,3H2. The van der Waals surface area contributed by atoms with E-state index in [4.69, 9.17) is 11.6 Å². The van der Waals surface area contributed by atoms with E-state index in [1.807, 2.05) is 0 Å². The lowest BCUT2D eigenvalue weighted by atomic mass is 10.3. The molecule has 1 rings (SSSR count). The van der Waals surface area contributed by atoms with Gasteiger partial charge in [-0.3, -0.25) is 0 Å². The molecule has 0 unspecified atom stereocenters. The Morgan fingerprint density at radius 3 is 2.38 bits per heavy atom. The van der Waals surface area contributed by atoms with E-state index in [0.717, 1.165) is 6.07 Å². The van der Waals surface area contributed by atoms with E-state index in [9.17, 15) is 13.2 Å². The molecular formula is C7H4ClF3IN. The van der Waals surface area contributed by atoms with Crippen molar-refractivity contribution in [3.8, 4) is 0 Å². The molecule has 0 radical (unpaired) electrons. The number of hydrogen-bond donors (Lipinski definition) is 0. The van der Waals surface area contributed by atoms with E-state index >= 15 is 0 Å². The monoisotopic (exact) mass is 321 g/mol. The summed E-state index contributed by atoms with van der Waals surface area (Å²) in [5.74, 6) is 0.170. The highest BCUT2D eigenvalue weighted by molar-refractivity contribution is 14.1. The Morgan fingerprint density at radius 1 is 1.38 bits per heavy atom. The van der Waals surface area contributed by atoms with Gasteiger partial charge >= 0.3 is 6.18 Å². The molecule has 0 amide bonds. The molecule has 1 aromatic rings. The van der Waals surface area contributed by atoms with Crippen LogP contribution in [0, 0.1) is 3.70 Å². The molecule has 6 heteroatoms. The second-order valence-electron chi connectivity index (χ2n) is 2.28. The molecule has 1 nitrogen and oxygen atoms in total. The topological polar surface area (TPSA) is 12.9 Å². The van der Waals surface area contributed by atoms with E-state index in [1.54, 1.807) is 22.6 Å². The maximum absolute atomic E-state index is 12.1. The van der Waals surface area contributed by atoms with Crippen LogP contribution in [0.15, 0.2) is 12.1 Å². The van der Waals surface area contributed by atoms with Gasteiger partial charge in [0.15, 0.2) is 0 Å². The quantitative estimate of drug-likeness (QED) is 0.439. The molecule has 0 atom stereocenters. The molecule has 0 aliphatic rings. The molecule has 13 heavy (non-hydrogen) atoms. The Bertz CT molecular complexity index is 313. The highest BCUT2D eigenvalue weighted by Gasteiger charge is 2.32. The molecule has 0 fully saturated rings. The number of pyridine rings is 1. The van der Waals surface area contributed by atoms with Gasteiger partial charge in [0.2, 0.25) is 0 Å². The van der Waals surface area contributed by atoms with Crippen LogP contribution in [0.3, 0.4) is 0 Å². The summed E-state index contributed by atoms with van der Waals surface area (Å²) < 4.78 is 36.6. The van der Waals surface area contributed by atoms with Gasteiger partial charge in [-0.15, -0.1) is 11.6 Å². The largest absolute Gasteiger partial charge is 0.433 e. The van der Waals surface area contributed by atoms with Gasteiger partial charge < -0.3 is 0 Å². The van der Waals surface area contributed by atoms with Crippen molar-refractivity contribution >= 4 is 34.2 Å². The first-order valence-electron chi connectivity index (χ1n) is 3.23. The van der Waals surface area contributed by atoms with Crippen LogP contribution in [-0.2, 0) is 12.1 Å². The fourth-order valence-corrected chi connectivity index (χ4v) is 1.79. The number of aromatic nitrogens is 1. The predicted molar refractivity (Wildman–Crippen MR) is 51.5 cm³/mol. The molecule has 0 spiro atoms. The minimum absolute atomic E-state index is 0.170. The summed E-state index contributed by atoms with van der Waals surface area (Å²) in [5.41, 5.74) is -0.277. The van der Waals surface area contributed by atoms with E-state index in [0.29, 0.717) is 9.26 Å². The Morgan fingerprint density at radius 2 is 2.00 bits per heavy atom. The SMILES string of the molecule is FC(F)(F)c1ccc(CCl)c(I)n1. The maximum Gasteiger partial charge on any atom is 0.433 e. The van der Waals surface area contributed by atoms with E-state index in [1.165, 1.54) is 6.07 Å². The molecule has 0 N–H and O–H groups in total. The second kappa shape index (κ2) is 4.00. The summed E-state index contributed by atoms with van der Waals surface area (Å²) in [6.07, 6.45) is -4.38. The van der Waals surface area contributed by atoms with Gasteiger partial charge in [0, 0.05) is 5.88 Å². The van der Waals surface area contributed by atoms with Crippen molar-refractivity contribution in [1.29, 1.82) is 0 Å². The van der Waals surface area contributed by atoms with Gasteiger partial charge in [-0.1, -0.05) is 6.07 Å². The van der Waals surface area contributed by atoms with Crippen LogP contribution in [0.5, 0.6) is 0 Å². The highest BCUT2D eigenvalue weighted by atomic mass is 127. The summed E-state index contributed by atoms with van der Waals surface area (Å²) in [4.78, 5) is 3.39. The Labute approximate surface area is 91.4 Å². The first kappa shape index (κ1) is 11.0. The Balaban J connectivity index is 3.10. The fourth-order valence-electron chi connectivity index (χ4n) is 0.721. The van der Waals surface area contributed by atoms with Crippen LogP contribution in [0.1, 0.15) is 11.3 Å². The predicted octanol–water partition coefficient (Wildman–Crippen LogP) is 3.44. The zero-order chi connectivity index (χ0) is 10.1. The summed E-state index contributed by atoms with van der Waals surface area (Å²) in [6.45, 7) is 0. The smallest absolute Gasteiger partial charge is 0.237 e. The maximum atomic E-state index is 12.1. The molecule has 0 aliphatic carbocycles. The molecular weight excluding hydrogens is 317 g/mol. The normalized spacial score (nSPS) is 11.8. The lowest BCUT2D eigenvalue weighted by Gasteiger charge is -2.07.